The summed E-state index contributed by atoms with van der Waals surface area (Å²) < 4.78 is 18.3. The van der Waals surface area contributed by atoms with E-state index >= 15 is 0 Å². The van der Waals surface area contributed by atoms with E-state index in [1.807, 2.05) is 15.8 Å². The van der Waals surface area contributed by atoms with Crippen LogP contribution < -0.4 is 5.56 Å². The first-order chi connectivity index (χ1) is 13.1. The van der Waals surface area contributed by atoms with Crippen molar-refractivity contribution in [3.8, 4) is 0 Å². The molecular formula is C18H16ClFN4OS2. The van der Waals surface area contributed by atoms with Crippen molar-refractivity contribution in [1.29, 1.82) is 0 Å². The second-order valence-electron chi connectivity index (χ2n) is 6.05. The molecule has 5 nitrogen and oxygen atoms in total. The minimum absolute atomic E-state index is 0.0398. The van der Waals surface area contributed by atoms with Gasteiger partial charge in [0, 0.05) is 22.9 Å². The number of benzene rings is 1. The van der Waals surface area contributed by atoms with Gasteiger partial charge in [0.05, 0.1) is 5.52 Å². The Bertz CT molecular complexity index is 1160. The van der Waals surface area contributed by atoms with Crippen molar-refractivity contribution in [2.75, 3.05) is 0 Å². The van der Waals surface area contributed by atoms with Crippen LogP contribution in [-0.4, -0.2) is 19.2 Å². The van der Waals surface area contributed by atoms with Crippen LogP contribution in [0, 0.1) is 5.82 Å². The Morgan fingerprint density at radius 2 is 2.15 bits per heavy atom. The van der Waals surface area contributed by atoms with Gasteiger partial charge in [-0.1, -0.05) is 42.8 Å². The number of aryl methyl sites for hydroxylation is 1. The zero-order chi connectivity index (χ0) is 19.0. The summed E-state index contributed by atoms with van der Waals surface area (Å²) in [5, 5.41) is 11.4. The van der Waals surface area contributed by atoms with Crippen LogP contribution in [0.4, 0.5) is 4.39 Å². The van der Waals surface area contributed by atoms with E-state index < -0.39 is 0 Å². The average molecular weight is 423 g/mol. The number of halogens is 2. The second kappa shape index (κ2) is 7.61. The molecule has 0 unspecified atom stereocenters. The molecule has 9 heteroatoms. The second-order valence-corrected chi connectivity index (χ2v) is 8.32. The first kappa shape index (κ1) is 18.5. The maximum Gasteiger partial charge on any atom is 0.272 e. The standard InChI is InChI=1S/C18H16ClFN4OS2/c1-2-3-8-23-16(25)15-14(7-9-26-15)24-17(23)21-22-18(24)27-10-11-12(19)5-4-6-13(11)20/h4-7,9H,2-3,8,10H2,1H3. The van der Waals surface area contributed by atoms with Gasteiger partial charge < -0.3 is 0 Å². The molecule has 4 rings (SSSR count). The Morgan fingerprint density at radius 1 is 1.30 bits per heavy atom. The van der Waals surface area contributed by atoms with Crippen molar-refractivity contribution in [1.82, 2.24) is 19.2 Å². The molecule has 0 radical (unpaired) electrons. The number of nitrogens with zero attached hydrogens (tertiary/aromatic N) is 4. The van der Waals surface area contributed by atoms with E-state index in [1.54, 1.807) is 16.7 Å². The van der Waals surface area contributed by atoms with E-state index in [9.17, 15) is 9.18 Å². The Labute approximate surface area is 167 Å². The fraction of sp³-hybridized carbons (Fsp3) is 0.278. The van der Waals surface area contributed by atoms with Crippen LogP contribution in [0.2, 0.25) is 5.02 Å². The van der Waals surface area contributed by atoms with Gasteiger partial charge >= 0.3 is 0 Å². The number of rotatable bonds is 6. The normalized spacial score (nSPS) is 11.7. The zero-order valence-corrected chi connectivity index (χ0v) is 16.9. The van der Waals surface area contributed by atoms with Crippen LogP contribution in [0.1, 0.15) is 25.3 Å². The summed E-state index contributed by atoms with van der Waals surface area (Å²) in [5.41, 5.74) is 1.17. The highest BCUT2D eigenvalue weighted by atomic mass is 35.5. The minimum atomic E-state index is -0.343. The van der Waals surface area contributed by atoms with Crippen LogP contribution in [0.5, 0.6) is 0 Å². The van der Waals surface area contributed by atoms with Gasteiger partial charge in [0.1, 0.15) is 10.5 Å². The molecule has 0 amide bonds. The highest BCUT2D eigenvalue weighted by molar-refractivity contribution is 7.98. The average Bonchev–Trinajstić information content (AvgIpc) is 3.28. The van der Waals surface area contributed by atoms with Crippen molar-refractivity contribution < 1.29 is 4.39 Å². The monoisotopic (exact) mass is 422 g/mol. The van der Waals surface area contributed by atoms with Crippen molar-refractivity contribution in [3.05, 3.63) is 56.4 Å². The summed E-state index contributed by atoms with van der Waals surface area (Å²) in [6.07, 6.45) is 1.86. The summed E-state index contributed by atoms with van der Waals surface area (Å²) in [6.45, 7) is 2.67. The molecular weight excluding hydrogens is 407 g/mol. The number of thiophene rings is 1. The third-order valence-electron chi connectivity index (χ3n) is 4.33. The van der Waals surface area contributed by atoms with Gasteiger partial charge in [-0.05, 0) is 30.0 Å². The first-order valence-electron chi connectivity index (χ1n) is 8.52. The molecule has 27 heavy (non-hydrogen) atoms. The van der Waals surface area contributed by atoms with E-state index in [-0.39, 0.29) is 11.4 Å². The van der Waals surface area contributed by atoms with Crippen LogP contribution in [0.25, 0.3) is 16.0 Å². The highest BCUT2D eigenvalue weighted by Gasteiger charge is 2.18. The van der Waals surface area contributed by atoms with E-state index in [4.69, 9.17) is 11.6 Å². The Kier molecular flexibility index (Phi) is 5.21. The van der Waals surface area contributed by atoms with Crippen LogP contribution in [0.3, 0.4) is 0 Å². The lowest BCUT2D eigenvalue weighted by molar-refractivity contribution is 0.617. The molecule has 0 aliphatic rings. The van der Waals surface area contributed by atoms with Gasteiger partial charge in [-0.15, -0.1) is 21.5 Å². The SMILES string of the molecule is CCCCn1c(=O)c2sccc2n2c(SCc3c(F)cccc3Cl)nnc12. The largest absolute Gasteiger partial charge is 0.276 e. The highest BCUT2D eigenvalue weighted by Crippen LogP contribution is 2.30. The molecule has 0 saturated heterocycles. The molecule has 0 bridgehead atoms. The van der Waals surface area contributed by atoms with E-state index in [0.29, 0.717) is 38.5 Å². The number of unbranched alkanes of at least 4 members (excludes halogenated alkanes) is 1. The third-order valence-corrected chi connectivity index (χ3v) is 6.53. The van der Waals surface area contributed by atoms with E-state index in [1.165, 1.54) is 29.2 Å². The molecule has 0 saturated carbocycles. The topological polar surface area (TPSA) is 52.2 Å². The van der Waals surface area contributed by atoms with Gasteiger partial charge in [0.25, 0.3) is 5.56 Å². The lowest BCUT2D eigenvalue weighted by atomic mass is 10.2. The minimum Gasteiger partial charge on any atom is -0.276 e. The predicted octanol–water partition coefficient (Wildman–Crippen LogP) is 4.99. The van der Waals surface area contributed by atoms with Gasteiger partial charge in [0.15, 0.2) is 5.16 Å². The fourth-order valence-corrected chi connectivity index (χ4v) is 5.03. The quantitative estimate of drug-likeness (QED) is 0.411. The van der Waals surface area contributed by atoms with Crippen LogP contribution >= 0.6 is 34.7 Å². The molecule has 0 aliphatic carbocycles. The van der Waals surface area contributed by atoms with Gasteiger partial charge in [0.2, 0.25) is 5.78 Å². The number of hydrogen-bond donors (Lipinski definition) is 0. The zero-order valence-electron chi connectivity index (χ0n) is 14.5. The van der Waals surface area contributed by atoms with Gasteiger partial charge in [-0.3, -0.25) is 13.8 Å². The molecule has 1 aromatic carbocycles. The summed E-state index contributed by atoms with van der Waals surface area (Å²) in [6, 6.07) is 6.53. The molecule has 140 valence electrons. The molecule has 0 atom stereocenters. The molecule has 3 heterocycles. The molecule has 0 fully saturated rings. The Balaban J connectivity index is 1.81. The van der Waals surface area contributed by atoms with Crippen molar-refractivity contribution in [2.24, 2.45) is 0 Å². The predicted molar refractivity (Wildman–Crippen MR) is 109 cm³/mol. The Morgan fingerprint density at radius 3 is 2.93 bits per heavy atom. The number of hydrogen-bond acceptors (Lipinski definition) is 5. The lowest BCUT2D eigenvalue weighted by Crippen LogP contribution is -2.22. The molecule has 0 N–H and O–H groups in total. The molecule has 3 aromatic heterocycles. The third kappa shape index (κ3) is 3.26. The van der Waals surface area contributed by atoms with Crippen molar-refractivity contribution in [3.63, 3.8) is 0 Å². The maximum atomic E-state index is 14.1. The van der Waals surface area contributed by atoms with Crippen molar-refractivity contribution >= 4 is 50.7 Å². The summed E-state index contributed by atoms with van der Waals surface area (Å²) in [4.78, 5) is 12.8. The van der Waals surface area contributed by atoms with E-state index in [0.717, 1.165) is 18.4 Å². The van der Waals surface area contributed by atoms with Crippen LogP contribution in [-0.2, 0) is 12.3 Å². The molecule has 0 spiro atoms. The fourth-order valence-electron chi connectivity index (χ4n) is 2.92. The summed E-state index contributed by atoms with van der Waals surface area (Å²) in [7, 11) is 0. The first-order valence-corrected chi connectivity index (χ1v) is 10.8. The lowest BCUT2D eigenvalue weighted by Gasteiger charge is -2.09. The van der Waals surface area contributed by atoms with Crippen LogP contribution in [0.15, 0.2) is 39.6 Å². The van der Waals surface area contributed by atoms with E-state index in [2.05, 4.69) is 17.1 Å². The smallest absolute Gasteiger partial charge is 0.272 e. The number of aromatic nitrogens is 4. The number of fused-ring (bicyclic) bond motifs is 3. The van der Waals surface area contributed by atoms with Crippen molar-refractivity contribution in [2.45, 2.75) is 37.2 Å². The van der Waals surface area contributed by atoms with Gasteiger partial charge in [-0.2, -0.15) is 0 Å². The summed E-state index contributed by atoms with van der Waals surface area (Å²) in [5.74, 6) is 0.497. The molecule has 4 aromatic rings. The molecule has 0 aliphatic heterocycles. The maximum absolute atomic E-state index is 14.1. The Hall–Kier alpha value is -1.90. The summed E-state index contributed by atoms with van der Waals surface area (Å²) >= 11 is 8.89. The van der Waals surface area contributed by atoms with Gasteiger partial charge in [-0.25, -0.2) is 4.39 Å². The number of thioether (sulfide) groups is 1.